The summed E-state index contributed by atoms with van der Waals surface area (Å²) in [4.78, 5) is 27.4. The van der Waals surface area contributed by atoms with Crippen LogP contribution in [0.2, 0.25) is 0 Å². The van der Waals surface area contributed by atoms with Gasteiger partial charge in [-0.15, -0.1) is 0 Å². The average molecular weight is 322 g/mol. The SMILES string of the molecule is CCCCN(C)C(=O)CN(C(C)=O)c1ccc(OC)cc1OC. The molecule has 0 spiro atoms. The molecule has 0 aliphatic heterocycles. The van der Waals surface area contributed by atoms with Crippen molar-refractivity contribution in [3.05, 3.63) is 18.2 Å². The topological polar surface area (TPSA) is 59.1 Å². The highest BCUT2D eigenvalue weighted by molar-refractivity contribution is 5.98. The number of benzene rings is 1. The Kier molecular flexibility index (Phi) is 7.38. The van der Waals surface area contributed by atoms with Crippen LogP contribution in [-0.2, 0) is 9.59 Å². The van der Waals surface area contributed by atoms with Gasteiger partial charge in [0.2, 0.25) is 11.8 Å². The molecule has 0 fully saturated rings. The molecule has 2 amide bonds. The van der Waals surface area contributed by atoms with Crippen LogP contribution in [0.4, 0.5) is 5.69 Å². The minimum absolute atomic E-state index is 0.0156. The first-order valence-electron chi connectivity index (χ1n) is 7.68. The second kappa shape index (κ2) is 9.02. The van der Waals surface area contributed by atoms with E-state index in [9.17, 15) is 9.59 Å². The molecule has 0 aromatic heterocycles. The standard InChI is InChI=1S/C17H26N2O4/c1-6-7-10-18(3)17(21)12-19(13(2)20)15-9-8-14(22-4)11-16(15)23-5/h8-9,11H,6-7,10,12H2,1-5H3. The summed E-state index contributed by atoms with van der Waals surface area (Å²) in [5.41, 5.74) is 0.554. The minimum Gasteiger partial charge on any atom is -0.497 e. The maximum atomic E-state index is 12.3. The van der Waals surface area contributed by atoms with Crippen molar-refractivity contribution in [2.45, 2.75) is 26.7 Å². The van der Waals surface area contributed by atoms with Crippen LogP contribution in [0.15, 0.2) is 18.2 Å². The fourth-order valence-corrected chi connectivity index (χ4v) is 2.15. The van der Waals surface area contributed by atoms with Gasteiger partial charge in [-0.3, -0.25) is 14.5 Å². The number of anilines is 1. The lowest BCUT2D eigenvalue weighted by molar-refractivity contribution is -0.130. The van der Waals surface area contributed by atoms with E-state index >= 15 is 0 Å². The monoisotopic (exact) mass is 322 g/mol. The number of unbranched alkanes of at least 4 members (excludes halogenated alkanes) is 1. The molecule has 0 saturated heterocycles. The summed E-state index contributed by atoms with van der Waals surface area (Å²) in [6, 6.07) is 5.15. The average Bonchev–Trinajstić information content (AvgIpc) is 2.56. The van der Waals surface area contributed by atoms with Crippen LogP contribution < -0.4 is 14.4 Å². The third-order valence-electron chi connectivity index (χ3n) is 3.62. The Bertz CT molecular complexity index is 545. The summed E-state index contributed by atoms with van der Waals surface area (Å²) < 4.78 is 10.5. The van der Waals surface area contributed by atoms with E-state index in [-0.39, 0.29) is 18.4 Å². The van der Waals surface area contributed by atoms with Crippen molar-refractivity contribution in [2.75, 3.05) is 39.3 Å². The molecule has 0 unspecified atom stereocenters. The summed E-state index contributed by atoms with van der Waals surface area (Å²) in [5.74, 6) is 0.793. The van der Waals surface area contributed by atoms with E-state index in [0.29, 0.717) is 23.7 Å². The Morgan fingerprint density at radius 1 is 1.17 bits per heavy atom. The van der Waals surface area contributed by atoms with Gasteiger partial charge in [0, 0.05) is 26.6 Å². The Balaban J connectivity index is 2.99. The lowest BCUT2D eigenvalue weighted by atomic mass is 10.2. The number of nitrogens with zero attached hydrogens (tertiary/aromatic N) is 2. The molecule has 23 heavy (non-hydrogen) atoms. The molecule has 1 aromatic carbocycles. The highest BCUT2D eigenvalue weighted by atomic mass is 16.5. The Labute approximate surface area is 138 Å². The number of hydrogen-bond acceptors (Lipinski definition) is 4. The molecule has 0 aliphatic rings. The van der Waals surface area contributed by atoms with Crippen LogP contribution >= 0.6 is 0 Å². The predicted octanol–water partition coefficient (Wildman–Crippen LogP) is 2.32. The van der Waals surface area contributed by atoms with Crippen LogP contribution in [-0.4, -0.2) is 51.1 Å². The number of likely N-dealkylation sites (N-methyl/N-ethyl adjacent to an activating group) is 1. The summed E-state index contributed by atoms with van der Waals surface area (Å²) in [5, 5.41) is 0. The van der Waals surface area contributed by atoms with Gasteiger partial charge in [-0.25, -0.2) is 0 Å². The molecule has 128 valence electrons. The number of methoxy groups -OCH3 is 2. The third-order valence-corrected chi connectivity index (χ3v) is 3.62. The fourth-order valence-electron chi connectivity index (χ4n) is 2.15. The van der Waals surface area contributed by atoms with E-state index in [1.165, 1.54) is 18.9 Å². The largest absolute Gasteiger partial charge is 0.497 e. The Hall–Kier alpha value is -2.24. The van der Waals surface area contributed by atoms with Crippen molar-refractivity contribution in [3.63, 3.8) is 0 Å². The van der Waals surface area contributed by atoms with Gasteiger partial charge in [-0.05, 0) is 18.6 Å². The molecule has 0 N–H and O–H groups in total. The van der Waals surface area contributed by atoms with Gasteiger partial charge >= 0.3 is 0 Å². The molecule has 0 bridgehead atoms. The molecule has 1 aromatic rings. The zero-order valence-corrected chi connectivity index (χ0v) is 14.6. The second-order valence-electron chi connectivity index (χ2n) is 5.31. The molecule has 6 heteroatoms. The van der Waals surface area contributed by atoms with Gasteiger partial charge < -0.3 is 14.4 Å². The second-order valence-corrected chi connectivity index (χ2v) is 5.31. The summed E-state index contributed by atoms with van der Waals surface area (Å²) in [7, 11) is 4.83. The maximum Gasteiger partial charge on any atom is 0.242 e. The first kappa shape index (κ1) is 18.8. The van der Waals surface area contributed by atoms with Gasteiger partial charge in [-0.1, -0.05) is 13.3 Å². The highest BCUT2D eigenvalue weighted by Gasteiger charge is 2.21. The molecule has 1 rings (SSSR count). The zero-order chi connectivity index (χ0) is 17.4. The van der Waals surface area contributed by atoms with Gasteiger partial charge in [-0.2, -0.15) is 0 Å². The van der Waals surface area contributed by atoms with E-state index in [0.717, 1.165) is 12.8 Å². The Morgan fingerprint density at radius 3 is 2.39 bits per heavy atom. The van der Waals surface area contributed by atoms with Crippen molar-refractivity contribution < 1.29 is 19.1 Å². The number of rotatable bonds is 8. The first-order valence-corrected chi connectivity index (χ1v) is 7.68. The molecule has 0 radical (unpaired) electrons. The zero-order valence-electron chi connectivity index (χ0n) is 14.6. The number of carbonyl (C=O) groups excluding carboxylic acids is 2. The summed E-state index contributed by atoms with van der Waals surface area (Å²) in [6.45, 7) is 4.17. The lowest BCUT2D eigenvalue weighted by Gasteiger charge is -2.26. The van der Waals surface area contributed by atoms with Gasteiger partial charge in [0.15, 0.2) is 0 Å². The molecule has 0 aliphatic carbocycles. The van der Waals surface area contributed by atoms with Crippen LogP contribution in [0, 0.1) is 0 Å². The first-order chi connectivity index (χ1) is 10.9. The van der Waals surface area contributed by atoms with Crippen molar-refractivity contribution in [1.82, 2.24) is 4.90 Å². The van der Waals surface area contributed by atoms with E-state index in [1.807, 2.05) is 0 Å². The summed E-state index contributed by atoms with van der Waals surface area (Å²) >= 11 is 0. The lowest BCUT2D eigenvalue weighted by Crippen LogP contribution is -2.41. The molecule has 0 saturated carbocycles. The van der Waals surface area contributed by atoms with E-state index in [2.05, 4.69) is 6.92 Å². The molecular formula is C17H26N2O4. The molecule has 6 nitrogen and oxygen atoms in total. The third kappa shape index (κ3) is 5.16. The van der Waals surface area contributed by atoms with Crippen LogP contribution in [0.1, 0.15) is 26.7 Å². The quantitative estimate of drug-likeness (QED) is 0.737. The maximum absolute atomic E-state index is 12.3. The number of carbonyl (C=O) groups is 2. The van der Waals surface area contributed by atoms with Crippen molar-refractivity contribution >= 4 is 17.5 Å². The van der Waals surface area contributed by atoms with E-state index in [4.69, 9.17) is 9.47 Å². The van der Waals surface area contributed by atoms with Gasteiger partial charge in [0.1, 0.15) is 18.0 Å². The number of hydrogen-bond donors (Lipinski definition) is 0. The summed E-state index contributed by atoms with van der Waals surface area (Å²) in [6.07, 6.45) is 1.95. The minimum atomic E-state index is -0.217. The number of amides is 2. The van der Waals surface area contributed by atoms with Crippen molar-refractivity contribution in [2.24, 2.45) is 0 Å². The normalized spacial score (nSPS) is 10.1. The van der Waals surface area contributed by atoms with E-state index < -0.39 is 0 Å². The van der Waals surface area contributed by atoms with Crippen LogP contribution in [0.5, 0.6) is 11.5 Å². The van der Waals surface area contributed by atoms with E-state index in [1.54, 1.807) is 37.3 Å². The van der Waals surface area contributed by atoms with Gasteiger partial charge in [0.25, 0.3) is 0 Å². The predicted molar refractivity (Wildman–Crippen MR) is 90.1 cm³/mol. The molecule has 0 heterocycles. The van der Waals surface area contributed by atoms with Crippen LogP contribution in [0.3, 0.4) is 0 Å². The van der Waals surface area contributed by atoms with Crippen molar-refractivity contribution in [3.8, 4) is 11.5 Å². The Morgan fingerprint density at radius 2 is 1.87 bits per heavy atom. The number of ether oxygens (including phenoxy) is 2. The fraction of sp³-hybridized carbons (Fsp3) is 0.529. The molecular weight excluding hydrogens is 296 g/mol. The van der Waals surface area contributed by atoms with Crippen LogP contribution in [0.25, 0.3) is 0 Å². The smallest absolute Gasteiger partial charge is 0.242 e. The van der Waals surface area contributed by atoms with Crippen molar-refractivity contribution in [1.29, 1.82) is 0 Å². The highest BCUT2D eigenvalue weighted by Crippen LogP contribution is 2.32. The van der Waals surface area contributed by atoms with Gasteiger partial charge in [0.05, 0.1) is 19.9 Å². The molecule has 0 atom stereocenters.